The molecule has 1 unspecified atom stereocenters. The van der Waals surface area contributed by atoms with Gasteiger partial charge >= 0.3 is 0 Å². The molecule has 0 bridgehead atoms. The van der Waals surface area contributed by atoms with Gasteiger partial charge in [0.2, 0.25) is 5.91 Å². The molecule has 1 aliphatic rings. The first kappa shape index (κ1) is 19.5. The van der Waals surface area contributed by atoms with Crippen molar-refractivity contribution in [3.05, 3.63) is 39.6 Å². The summed E-state index contributed by atoms with van der Waals surface area (Å²) in [7, 11) is 1.60. The molecule has 3 aromatic rings. The van der Waals surface area contributed by atoms with Gasteiger partial charge < -0.3 is 14.8 Å². The highest BCUT2D eigenvalue weighted by Crippen LogP contribution is 2.30. The van der Waals surface area contributed by atoms with Crippen molar-refractivity contribution < 1.29 is 14.3 Å². The number of methoxy groups -OCH3 is 1. The minimum atomic E-state index is -0.367. The summed E-state index contributed by atoms with van der Waals surface area (Å²) in [6, 6.07) is 7.42. The van der Waals surface area contributed by atoms with Gasteiger partial charge in [-0.3, -0.25) is 9.59 Å². The number of amides is 1. The van der Waals surface area contributed by atoms with Crippen molar-refractivity contribution in [1.82, 2.24) is 20.1 Å². The number of nitrogens with one attached hydrogen (secondary N) is 1. The third-order valence-electron chi connectivity index (χ3n) is 4.81. The fraction of sp³-hybridized carbons (Fsp3) is 0.400. The van der Waals surface area contributed by atoms with Gasteiger partial charge in [0.25, 0.3) is 5.56 Å². The van der Waals surface area contributed by atoms with E-state index in [0.717, 1.165) is 35.8 Å². The van der Waals surface area contributed by atoms with Gasteiger partial charge in [-0.2, -0.15) is 5.10 Å². The molecule has 8 nitrogen and oxygen atoms in total. The fourth-order valence-corrected chi connectivity index (χ4v) is 4.25. The summed E-state index contributed by atoms with van der Waals surface area (Å²) in [6.45, 7) is 2.85. The summed E-state index contributed by atoms with van der Waals surface area (Å²) in [6.07, 6.45) is 1.98. The lowest BCUT2D eigenvalue weighted by Gasteiger charge is -2.12. The number of ether oxygens (including phenoxy) is 2. The molecule has 1 aliphatic heterocycles. The smallest absolute Gasteiger partial charge is 0.294 e. The van der Waals surface area contributed by atoms with Crippen molar-refractivity contribution in [2.24, 2.45) is 0 Å². The maximum absolute atomic E-state index is 12.8. The molecule has 4 rings (SSSR count). The van der Waals surface area contributed by atoms with E-state index in [-0.39, 0.29) is 24.1 Å². The third kappa shape index (κ3) is 4.15. The first-order chi connectivity index (χ1) is 14.0. The summed E-state index contributed by atoms with van der Waals surface area (Å²) >= 11 is 1.42. The van der Waals surface area contributed by atoms with Crippen molar-refractivity contribution in [3.8, 4) is 17.0 Å². The second-order valence-corrected chi connectivity index (χ2v) is 8.09. The van der Waals surface area contributed by atoms with E-state index in [2.05, 4.69) is 15.4 Å². The molecule has 0 radical (unpaired) electrons. The van der Waals surface area contributed by atoms with E-state index in [1.54, 1.807) is 7.11 Å². The van der Waals surface area contributed by atoms with Crippen molar-refractivity contribution >= 4 is 27.5 Å². The molecule has 1 atom stereocenters. The Morgan fingerprint density at radius 2 is 2.17 bits per heavy atom. The van der Waals surface area contributed by atoms with Gasteiger partial charge in [0, 0.05) is 18.7 Å². The highest BCUT2D eigenvalue weighted by Gasteiger charge is 2.19. The standard InChI is InChI=1S/C20H22N4O4S/c1-12-22-18-19(29-12)17(13-5-7-14(27-2)8-6-13)23-24(20(18)26)11-16(25)21-10-15-4-3-9-28-15/h5-8,15H,3-4,9-11H2,1-2H3,(H,21,25). The summed E-state index contributed by atoms with van der Waals surface area (Å²) in [5, 5.41) is 8.10. The number of hydrogen-bond donors (Lipinski definition) is 1. The van der Waals surface area contributed by atoms with Crippen LogP contribution in [0.25, 0.3) is 21.5 Å². The van der Waals surface area contributed by atoms with Crippen LogP contribution in [0.1, 0.15) is 17.8 Å². The molecule has 3 heterocycles. The Bertz CT molecular complexity index is 1080. The van der Waals surface area contributed by atoms with Crippen LogP contribution >= 0.6 is 11.3 Å². The predicted octanol–water partition coefficient (Wildman–Crippen LogP) is 2.13. The number of nitrogens with zero attached hydrogens (tertiary/aromatic N) is 3. The maximum atomic E-state index is 12.8. The van der Waals surface area contributed by atoms with Crippen LogP contribution in [0.15, 0.2) is 29.1 Å². The quantitative estimate of drug-likeness (QED) is 0.664. The van der Waals surface area contributed by atoms with Crippen LogP contribution in [0.2, 0.25) is 0 Å². The van der Waals surface area contributed by atoms with E-state index in [1.165, 1.54) is 16.0 Å². The Labute approximate surface area is 171 Å². The zero-order valence-corrected chi connectivity index (χ0v) is 17.1. The number of aromatic nitrogens is 3. The first-order valence-electron chi connectivity index (χ1n) is 9.46. The van der Waals surface area contributed by atoms with Gasteiger partial charge in [-0.25, -0.2) is 9.67 Å². The maximum Gasteiger partial charge on any atom is 0.294 e. The van der Waals surface area contributed by atoms with E-state index >= 15 is 0 Å². The number of fused-ring (bicyclic) bond motifs is 1. The zero-order valence-electron chi connectivity index (χ0n) is 16.3. The largest absolute Gasteiger partial charge is 0.497 e. The van der Waals surface area contributed by atoms with E-state index in [1.807, 2.05) is 31.2 Å². The molecular formula is C20H22N4O4S. The van der Waals surface area contributed by atoms with Gasteiger partial charge in [-0.05, 0) is 44.0 Å². The lowest BCUT2D eigenvalue weighted by molar-refractivity contribution is -0.122. The second kappa shape index (κ2) is 8.30. The summed E-state index contributed by atoms with van der Waals surface area (Å²) in [5.74, 6) is 0.453. The van der Waals surface area contributed by atoms with Gasteiger partial charge in [-0.15, -0.1) is 11.3 Å². The van der Waals surface area contributed by atoms with Crippen LogP contribution in [0, 0.1) is 6.92 Å². The number of carbonyl (C=O) groups excluding carboxylic acids is 1. The zero-order chi connectivity index (χ0) is 20.4. The van der Waals surface area contributed by atoms with Gasteiger partial charge in [0.15, 0.2) is 5.52 Å². The topological polar surface area (TPSA) is 95.3 Å². The van der Waals surface area contributed by atoms with Gasteiger partial charge in [0.1, 0.15) is 18.0 Å². The van der Waals surface area contributed by atoms with Crippen LogP contribution in [-0.4, -0.2) is 47.0 Å². The average Bonchev–Trinajstić information content (AvgIpc) is 3.38. The van der Waals surface area contributed by atoms with Crippen molar-refractivity contribution in [3.63, 3.8) is 0 Å². The number of aryl methyl sites for hydroxylation is 1. The van der Waals surface area contributed by atoms with Crippen molar-refractivity contribution in [2.45, 2.75) is 32.4 Å². The Kier molecular flexibility index (Phi) is 5.59. The van der Waals surface area contributed by atoms with Gasteiger partial charge in [-0.1, -0.05) is 0 Å². The molecule has 1 fully saturated rings. The van der Waals surface area contributed by atoms with E-state index in [4.69, 9.17) is 9.47 Å². The van der Waals surface area contributed by atoms with Gasteiger partial charge in [0.05, 0.1) is 22.9 Å². The normalized spacial score (nSPS) is 16.3. The fourth-order valence-electron chi connectivity index (χ4n) is 3.34. The number of rotatable bonds is 6. The SMILES string of the molecule is COc1ccc(-c2nn(CC(=O)NCC3CCCO3)c(=O)c3nc(C)sc23)cc1. The average molecular weight is 414 g/mol. The molecule has 1 saturated heterocycles. The molecule has 0 aliphatic carbocycles. The highest BCUT2D eigenvalue weighted by molar-refractivity contribution is 7.19. The third-order valence-corrected chi connectivity index (χ3v) is 5.79. The summed E-state index contributed by atoms with van der Waals surface area (Å²) < 4.78 is 12.6. The lowest BCUT2D eigenvalue weighted by Crippen LogP contribution is -2.37. The Balaban J connectivity index is 1.65. The molecule has 29 heavy (non-hydrogen) atoms. The Morgan fingerprint density at radius 3 is 2.86 bits per heavy atom. The van der Waals surface area contributed by atoms with Crippen LogP contribution in [0.4, 0.5) is 0 Å². The van der Waals surface area contributed by atoms with Crippen LogP contribution in [0.5, 0.6) is 5.75 Å². The van der Waals surface area contributed by atoms with E-state index in [0.29, 0.717) is 22.5 Å². The van der Waals surface area contributed by atoms with Crippen molar-refractivity contribution in [2.75, 3.05) is 20.3 Å². The molecule has 0 saturated carbocycles. The highest BCUT2D eigenvalue weighted by atomic mass is 32.1. The molecule has 2 aromatic heterocycles. The molecule has 1 N–H and O–H groups in total. The number of hydrogen-bond acceptors (Lipinski definition) is 7. The second-order valence-electron chi connectivity index (χ2n) is 6.89. The summed E-state index contributed by atoms with van der Waals surface area (Å²) in [4.78, 5) is 29.6. The molecule has 0 spiro atoms. The minimum absolute atomic E-state index is 0.0437. The van der Waals surface area contributed by atoms with Crippen LogP contribution in [-0.2, 0) is 16.1 Å². The van der Waals surface area contributed by atoms with Crippen LogP contribution < -0.4 is 15.6 Å². The monoisotopic (exact) mass is 414 g/mol. The van der Waals surface area contributed by atoms with Crippen LogP contribution in [0.3, 0.4) is 0 Å². The Hall–Kier alpha value is -2.78. The lowest BCUT2D eigenvalue weighted by atomic mass is 10.1. The molecule has 1 aromatic carbocycles. The number of carbonyl (C=O) groups is 1. The van der Waals surface area contributed by atoms with E-state index in [9.17, 15) is 9.59 Å². The molecule has 9 heteroatoms. The molecule has 152 valence electrons. The number of thiazole rings is 1. The molecular weight excluding hydrogens is 392 g/mol. The number of benzene rings is 1. The molecule has 1 amide bonds. The first-order valence-corrected chi connectivity index (χ1v) is 10.3. The summed E-state index contributed by atoms with van der Waals surface area (Å²) in [5.41, 5.74) is 1.42. The minimum Gasteiger partial charge on any atom is -0.497 e. The Morgan fingerprint density at radius 1 is 1.38 bits per heavy atom. The predicted molar refractivity (Wildman–Crippen MR) is 110 cm³/mol. The van der Waals surface area contributed by atoms with Crippen molar-refractivity contribution in [1.29, 1.82) is 0 Å². The van der Waals surface area contributed by atoms with E-state index < -0.39 is 0 Å².